The Bertz CT molecular complexity index is 711. The van der Waals surface area contributed by atoms with Gasteiger partial charge in [0.05, 0.1) is 18.0 Å². The summed E-state index contributed by atoms with van der Waals surface area (Å²) >= 11 is 0. The molecule has 1 heterocycles. The topological polar surface area (TPSA) is 43.7 Å². The Labute approximate surface area is 144 Å². The molecule has 0 radical (unpaired) electrons. The van der Waals surface area contributed by atoms with Crippen LogP contribution in [0.2, 0.25) is 0 Å². The van der Waals surface area contributed by atoms with Crippen molar-refractivity contribution in [2.75, 3.05) is 27.7 Å². The lowest BCUT2D eigenvalue weighted by molar-refractivity contribution is -0.156. The zero-order chi connectivity index (χ0) is 17.9. The molecule has 24 heavy (non-hydrogen) atoms. The number of carbonyl (C=O) groups excluding carboxylic acids is 1. The van der Waals surface area contributed by atoms with Gasteiger partial charge in [0.15, 0.2) is 6.73 Å². The Morgan fingerprint density at radius 2 is 1.96 bits per heavy atom. The van der Waals surface area contributed by atoms with Crippen molar-refractivity contribution in [1.29, 1.82) is 0 Å². The zero-order valence-electron chi connectivity index (χ0n) is 15.5. The number of rotatable bonds is 6. The molecule has 2 rings (SSSR count). The lowest BCUT2D eigenvalue weighted by Gasteiger charge is -2.17. The Morgan fingerprint density at radius 1 is 1.25 bits per heavy atom. The summed E-state index contributed by atoms with van der Waals surface area (Å²) in [5, 5.41) is 1.14. The second-order valence-electron chi connectivity index (χ2n) is 7.37. The van der Waals surface area contributed by atoms with E-state index in [0.717, 1.165) is 29.6 Å². The van der Waals surface area contributed by atoms with E-state index in [4.69, 9.17) is 9.47 Å². The fourth-order valence-electron chi connectivity index (χ4n) is 2.47. The number of fused-ring (bicyclic) bond motifs is 1. The minimum atomic E-state index is -0.500. The molecule has 132 valence electrons. The molecular formula is C19H28N2O3. The lowest BCUT2D eigenvalue weighted by Crippen LogP contribution is -2.23. The number of hydrogen-bond acceptors (Lipinski definition) is 4. The van der Waals surface area contributed by atoms with Gasteiger partial charge < -0.3 is 18.9 Å². The molecule has 0 aliphatic rings. The zero-order valence-corrected chi connectivity index (χ0v) is 15.5. The summed E-state index contributed by atoms with van der Waals surface area (Å²) in [6.45, 7) is 6.75. The predicted molar refractivity (Wildman–Crippen MR) is 96.3 cm³/mol. The van der Waals surface area contributed by atoms with Gasteiger partial charge in [0.1, 0.15) is 5.75 Å². The van der Waals surface area contributed by atoms with Crippen molar-refractivity contribution in [3.63, 3.8) is 0 Å². The summed E-state index contributed by atoms with van der Waals surface area (Å²) in [7, 11) is 5.79. The maximum absolute atomic E-state index is 12.0. The third kappa shape index (κ3) is 4.29. The second kappa shape index (κ2) is 7.26. The minimum absolute atomic E-state index is 0.201. The van der Waals surface area contributed by atoms with Gasteiger partial charge in [-0.1, -0.05) is 0 Å². The van der Waals surface area contributed by atoms with Crippen LogP contribution in [0.15, 0.2) is 24.4 Å². The first kappa shape index (κ1) is 18.3. The van der Waals surface area contributed by atoms with E-state index in [1.54, 1.807) is 7.11 Å². The lowest BCUT2D eigenvalue weighted by atomic mass is 9.98. The third-order valence-electron chi connectivity index (χ3n) is 3.95. The van der Waals surface area contributed by atoms with E-state index in [0.29, 0.717) is 0 Å². The average molecular weight is 332 g/mol. The van der Waals surface area contributed by atoms with Crippen molar-refractivity contribution in [2.24, 2.45) is 5.41 Å². The van der Waals surface area contributed by atoms with Gasteiger partial charge in [-0.05, 0) is 65.0 Å². The van der Waals surface area contributed by atoms with E-state index in [2.05, 4.69) is 25.2 Å². The Hall–Kier alpha value is -2.01. The number of hydrogen-bond donors (Lipinski definition) is 0. The fraction of sp³-hybridized carbons (Fsp3) is 0.526. The van der Waals surface area contributed by atoms with Gasteiger partial charge in [0.25, 0.3) is 0 Å². The molecule has 0 amide bonds. The van der Waals surface area contributed by atoms with Gasteiger partial charge in [-0.25, -0.2) is 0 Å². The summed E-state index contributed by atoms with van der Waals surface area (Å²) in [5.41, 5.74) is 1.77. The maximum Gasteiger partial charge on any atom is 0.312 e. The molecule has 2 aromatic rings. The van der Waals surface area contributed by atoms with Crippen LogP contribution in [0.25, 0.3) is 10.9 Å². The number of benzene rings is 1. The number of ether oxygens (including phenoxy) is 2. The van der Waals surface area contributed by atoms with Crippen molar-refractivity contribution >= 4 is 16.9 Å². The van der Waals surface area contributed by atoms with Crippen molar-refractivity contribution in [2.45, 2.75) is 33.9 Å². The quantitative estimate of drug-likeness (QED) is 0.761. The monoisotopic (exact) mass is 332 g/mol. The molecule has 0 spiro atoms. The first-order valence-electron chi connectivity index (χ1n) is 8.20. The van der Waals surface area contributed by atoms with Crippen molar-refractivity contribution in [3.8, 4) is 5.75 Å². The van der Waals surface area contributed by atoms with Crippen LogP contribution in [0.1, 0.15) is 26.3 Å². The van der Waals surface area contributed by atoms with E-state index < -0.39 is 5.41 Å². The van der Waals surface area contributed by atoms with Gasteiger partial charge in [-0.15, -0.1) is 0 Å². The molecule has 0 unspecified atom stereocenters. The van der Waals surface area contributed by atoms with E-state index in [-0.39, 0.29) is 12.7 Å². The summed E-state index contributed by atoms with van der Waals surface area (Å²) in [6.07, 6.45) is 3.00. The molecule has 0 aliphatic carbocycles. The first-order valence-corrected chi connectivity index (χ1v) is 8.20. The Balaban J connectivity index is 2.30. The molecule has 0 atom stereocenters. The van der Waals surface area contributed by atoms with Crippen LogP contribution in [-0.2, 0) is 22.7 Å². The van der Waals surface area contributed by atoms with Gasteiger partial charge in [-0.3, -0.25) is 4.79 Å². The summed E-state index contributed by atoms with van der Waals surface area (Å²) in [4.78, 5) is 14.2. The average Bonchev–Trinajstić information content (AvgIpc) is 2.86. The number of carbonyl (C=O) groups is 1. The van der Waals surface area contributed by atoms with Crippen LogP contribution in [0.3, 0.4) is 0 Å². The predicted octanol–water partition coefficient (Wildman–Crippen LogP) is 3.30. The number of methoxy groups -OCH3 is 1. The van der Waals surface area contributed by atoms with Crippen LogP contribution in [0.5, 0.6) is 5.75 Å². The molecule has 1 aromatic carbocycles. The normalized spacial score (nSPS) is 12.0. The number of esters is 1. The van der Waals surface area contributed by atoms with Gasteiger partial charge in [0, 0.05) is 18.1 Å². The van der Waals surface area contributed by atoms with E-state index in [1.807, 2.05) is 43.5 Å². The molecule has 0 N–H and O–H groups in total. The maximum atomic E-state index is 12.0. The van der Waals surface area contributed by atoms with Crippen LogP contribution in [-0.4, -0.2) is 43.2 Å². The molecule has 0 saturated heterocycles. The van der Waals surface area contributed by atoms with Gasteiger partial charge in [0.2, 0.25) is 0 Å². The summed E-state index contributed by atoms with van der Waals surface area (Å²) in [6, 6.07) is 5.99. The first-order chi connectivity index (χ1) is 11.2. The van der Waals surface area contributed by atoms with Crippen LogP contribution in [0, 0.1) is 5.41 Å². The molecule has 0 fully saturated rings. The smallest absolute Gasteiger partial charge is 0.312 e. The van der Waals surface area contributed by atoms with Crippen molar-refractivity contribution < 1.29 is 14.3 Å². The van der Waals surface area contributed by atoms with Crippen LogP contribution in [0.4, 0.5) is 0 Å². The van der Waals surface area contributed by atoms with Crippen molar-refractivity contribution in [3.05, 3.63) is 30.0 Å². The van der Waals surface area contributed by atoms with Gasteiger partial charge >= 0.3 is 5.97 Å². The minimum Gasteiger partial charge on any atom is -0.497 e. The Kier molecular flexibility index (Phi) is 5.54. The molecule has 5 heteroatoms. The molecule has 0 aliphatic heterocycles. The largest absolute Gasteiger partial charge is 0.497 e. The van der Waals surface area contributed by atoms with Crippen LogP contribution >= 0.6 is 0 Å². The van der Waals surface area contributed by atoms with E-state index in [1.165, 1.54) is 5.56 Å². The van der Waals surface area contributed by atoms with Crippen molar-refractivity contribution in [1.82, 2.24) is 9.47 Å². The standard InChI is InChI=1S/C19H28N2O3/c1-19(2,3)18(22)24-13-21-12-14(9-10-20(4)5)16-11-15(23-6)7-8-17(16)21/h7-8,11-12H,9-10,13H2,1-6H3. The number of aromatic nitrogens is 1. The second-order valence-corrected chi connectivity index (χ2v) is 7.37. The van der Waals surface area contributed by atoms with E-state index in [9.17, 15) is 4.79 Å². The summed E-state index contributed by atoms with van der Waals surface area (Å²) in [5.74, 6) is 0.630. The highest BCUT2D eigenvalue weighted by molar-refractivity contribution is 5.85. The molecule has 1 aromatic heterocycles. The summed E-state index contributed by atoms with van der Waals surface area (Å²) < 4.78 is 12.8. The SMILES string of the molecule is COc1ccc2c(c1)c(CCN(C)C)cn2COC(=O)C(C)(C)C. The number of likely N-dealkylation sites (N-methyl/N-ethyl adjacent to an activating group) is 1. The molecule has 0 bridgehead atoms. The van der Waals surface area contributed by atoms with Crippen LogP contribution < -0.4 is 4.74 Å². The molecule has 0 saturated carbocycles. The molecule has 5 nitrogen and oxygen atoms in total. The van der Waals surface area contributed by atoms with E-state index >= 15 is 0 Å². The third-order valence-corrected chi connectivity index (χ3v) is 3.95. The molecular weight excluding hydrogens is 304 g/mol. The highest BCUT2D eigenvalue weighted by Crippen LogP contribution is 2.27. The highest BCUT2D eigenvalue weighted by Gasteiger charge is 2.23. The fourth-order valence-corrected chi connectivity index (χ4v) is 2.47. The highest BCUT2D eigenvalue weighted by atomic mass is 16.5. The Morgan fingerprint density at radius 3 is 2.54 bits per heavy atom. The van der Waals surface area contributed by atoms with Gasteiger partial charge in [-0.2, -0.15) is 0 Å². The number of nitrogens with zero attached hydrogens (tertiary/aromatic N) is 2.